The molecule has 1 spiro atoms. The summed E-state index contributed by atoms with van der Waals surface area (Å²) in [6, 6.07) is 2.03. The van der Waals surface area contributed by atoms with Crippen molar-refractivity contribution in [1.29, 1.82) is 0 Å². The van der Waals surface area contributed by atoms with Gasteiger partial charge in [-0.15, -0.1) is 4.31 Å². The molecule has 118 valence electrons. The third kappa shape index (κ3) is 2.19. The fourth-order valence-corrected chi connectivity index (χ4v) is 4.73. The second-order valence-electron chi connectivity index (χ2n) is 6.51. The first-order valence-corrected chi connectivity index (χ1v) is 8.99. The maximum absolute atomic E-state index is 12.6. The maximum Gasteiger partial charge on any atom is 0.142 e. The SMILES string of the molecule is CC(C)[S+]([O-])N1CCN(c2ncnc3[nH]ccc23)CC12CC2. The summed E-state index contributed by atoms with van der Waals surface area (Å²) >= 11 is -0.888. The number of anilines is 1. The Morgan fingerprint density at radius 3 is 2.86 bits per heavy atom. The summed E-state index contributed by atoms with van der Waals surface area (Å²) in [6.45, 7) is 6.67. The highest BCUT2D eigenvalue weighted by molar-refractivity contribution is 7.89. The largest absolute Gasteiger partial charge is 0.598 e. The summed E-state index contributed by atoms with van der Waals surface area (Å²) in [7, 11) is 0. The first-order valence-electron chi connectivity index (χ1n) is 7.82. The third-order valence-electron chi connectivity index (χ3n) is 4.67. The van der Waals surface area contributed by atoms with E-state index in [1.54, 1.807) is 6.33 Å². The lowest BCUT2D eigenvalue weighted by Gasteiger charge is -2.42. The van der Waals surface area contributed by atoms with Crippen molar-refractivity contribution in [3.63, 3.8) is 0 Å². The standard InChI is InChI=1S/C15H21N5OS/c1-11(2)22(21)20-8-7-19(9-15(20)4-5-15)14-12-3-6-16-13(12)17-10-18-14/h3,6,10-11H,4-5,7-9H2,1-2H3,(H,16,17,18). The zero-order chi connectivity index (χ0) is 15.3. The quantitative estimate of drug-likeness (QED) is 0.872. The van der Waals surface area contributed by atoms with E-state index in [0.717, 1.165) is 49.3 Å². The predicted molar refractivity (Wildman–Crippen MR) is 88.1 cm³/mol. The number of H-pyrrole nitrogens is 1. The second kappa shape index (κ2) is 5.11. The van der Waals surface area contributed by atoms with Gasteiger partial charge in [0.2, 0.25) is 0 Å². The monoisotopic (exact) mass is 319 g/mol. The fourth-order valence-electron chi connectivity index (χ4n) is 3.34. The minimum Gasteiger partial charge on any atom is -0.598 e. The molecule has 1 aliphatic heterocycles. The Kier molecular flexibility index (Phi) is 3.32. The molecule has 2 aromatic heterocycles. The summed E-state index contributed by atoms with van der Waals surface area (Å²) in [5.41, 5.74) is 0.962. The molecule has 0 amide bonds. The van der Waals surface area contributed by atoms with E-state index in [1.165, 1.54) is 0 Å². The molecule has 1 N–H and O–H groups in total. The van der Waals surface area contributed by atoms with Crippen LogP contribution in [0.2, 0.25) is 0 Å². The van der Waals surface area contributed by atoms with Gasteiger partial charge in [0.05, 0.1) is 17.5 Å². The predicted octanol–water partition coefficient (Wildman–Crippen LogP) is 1.68. The van der Waals surface area contributed by atoms with Crippen molar-refractivity contribution >= 4 is 28.2 Å². The minimum atomic E-state index is -0.888. The molecule has 0 aromatic carbocycles. The van der Waals surface area contributed by atoms with E-state index in [0.29, 0.717) is 0 Å². The van der Waals surface area contributed by atoms with Gasteiger partial charge in [-0.1, -0.05) is 0 Å². The number of aromatic nitrogens is 3. The molecule has 22 heavy (non-hydrogen) atoms. The Balaban J connectivity index is 1.61. The third-order valence-corrected chi connectivity index (χ3v) is 6.48. The van der Waals surface area contributed by atoms with Crippen LogP contribution in [-0.4, -0.2) is 54.2 Å². The molecule has 4 rings (SSSR count). The number of hydrogen-bond acceptors (Lipinski definition) is 5. The smallest absolute Gasteiger partial charge is 0.142 e. The maximum atomic E-state index is 12.6. The van der Waals surface area contributed by atoms with E-state index < -0.39 is 11.4 Å². The van der Waals surface area contributed by atoms with Crippen molar-refractivity contribution < 1.29 is 4.55 Å². The number of hydrogen-bond donors (Lipinski definition) is 1. The van der Waals surface area contributed by atoms with Crippen LogP contribution in [0, 0.1) is 0 Å². The number of nitrogens with one attached hydrogen (secondary N) is 1. The molecule has 1 saturated carbocycles. The second-order valence-corrected chi connectivity index (χ2v) is 8.45. The highest BCUT2D eigenvalue weighted by atomic mass is 32.2. The van der Waals surface area contributed by atoms with Gasteiger partial charge in [-0.2, -0.15) is 0 Å². The molecule has 3 heterocycles. The van der Waals surface area contributed by atoms with Gasteiger partial charge in [0.25, 0.3) is 0 Å². The molecule has 1 unspecified atom stereocenters. The van der Waals surface area contributed by atoms with Gasteiger partial charge < -0.3 is 14.4 Å². The van der Waals surface area contributed by atoms with E-state index in [-0.39, 0.29) is 10.8 Å². The van der Waals surface area contributed by atoms with Gasteiger partial charge in [-0.3, -0.25) is 0 Å². The molecule has 1 atom stereocenters. The average Bonchev–Trinajstić information content (AvgIpc) is 3.10. The van der Waals surface area contributed by atoms with Crippen LogP contribution in [0.1, 0.15) is 26.7 Å². The molecular weight excluding hydrogens is 298 g/mol. The molecule has 2 aliphatic rings. The van der Waals surface area contributed by atoms with Gasteiger partial charge in [0.15, 0.2) is 0 Å². The first-order chi connectivity index (χ1) is 10.6. The summed E-state index contributed by atoms with van der Waals surface area (Å²) in [5.74, 6) is 0.993. The number of piperazine rings is 1. The average molecular weight is 319 g/mol. The number of aromatic amines is 1. The summed E-state index contributed by atoms with van der Waals surface area (Å²) in [4.78, 5) is 14.2. The van der Waals surface area contributed by atoms with Gasteiger partial charge in [-0.05, 0) is 32.8 Å². The highest BCUT2D eigenvalue weighted by Gasteiger charge is 2.57. The van der Waals surface area contributed by atoms with Crippen LogP contribution >= 0.6 is 0 Å². The molecule has 6 nitrogen and oxygen atoms in total. The van der Waals surface area contributed by atoms with Crippen LogP contribution in [0.15, 0.2) is 18.6 Å². The zero-order valence-corrected chi connectivity index (χ0v) is 13.8. The van der Waals surface area contributed by atoms with Crippen molar-refractivity contribution in [2.24, 2.45) is 0 Å². The first kappa shape index (κ1) is 14.3. The Morgan fingerprint density at radius 2 is 2.14 bits per heavy atom. The van der Waals surface area contributed by atoms with Gasteiger partial charge in [0.1, 0.15) is 23.0 Å². The number of nitrogens with zero attached hydrogens (tertiary/aromatic N) is 4. The molecular formula is C15H21N5OS. The number of fused-ring (bicyclic) bond motifs is 1. The van der Waals surface area contributed by atoms with Crippen LogP contribution in [-0.2, 0) is 11.4 Å². The Morgan fingerprint density at radius 1 is 1.32 bits per heavy atom. The van der Waals surface area contributed by atoms with Crippen molar-refractivity contribution in [1.82, 2.24) is 19.3 Å². The lowest BCUT2D eigenvalue weighted by molar-refractivity contribution is 0.268. The van der Waals surface area contributed by atoms with Gasteiger partial charge in [0, 0.05) is 30.6 Å². The van der Waals surface area contributed by atoms with Crippen LogP contribution in [0.25, 0.3) is 11.0 Å². The van der Waals surface area contributed by atoms with Crippen molar-refractivity contribution in [2.75, 3.05) is 24.5 Å². The summed E-state index contributed by atoms with van der Waals surface area (Å²) in [6.07, 6.45) is 5.78. The zero-order valence-electron chi connectivity index (χ0n) is 13.0. The summed E-state index contributed by atoms with van der Waals surface area (Å²) in [5, 5.41) is 1.25. The van der Waals surface area contributed by atoms with Crippen molar-refractivity contribution in [3.8, 4) is 0 Å². The fraction of sp³-hybridized carbons (Fsp3) is 0.600. The Bertz CT molecular complexity index is 683. The van der Waals surface area contributed by atoms with Crippen LogP contribution in [0.4, 0.5) is 5.82 Å². The lowest BCUT2D eigenvalue weighted by atomic mass is 10.2. The van der Waals surface area contributed by atoms with Gasteiger partial charge >= 0.3 is 0 Å². The minimum absolute atomic E-state index is 0.0843. The van der Waals surface area contributed by atoms with E-state index >= 15 is 0 Å². The van der Waals surface area contributed by atoms with Crippen LogP contribution < -0.4 is 4.90 Å². The normalized spacial score (nSPS) is 22.6. The van der Waals surface area contributed by atoms with E-state index in [1.807, 2.05) is 26.1 Å². The van der Waals surface area contributed by atoms with Crippen LogP contribution in [0.3, 0.4) is 0 Å². The summed E-state index contributed by atoms with van der Waals surface area (Å²) < 4.78 is 14.8. The lowest BCUT2D eigenvalue weighted by Crippen LogP contribution is -2.58. The Hall–Kier alpha value is -1.31. The molecule has 2 aromatic rings. The molecule has 0 radical (unpaired) electrons. The molecule has 1 aliphatic carbocycles. The molecule has 7 heteroatoms. The number of rotatable bonds is 3. The molecule has 2 fully saturated rings. The van der Waals surface area contributed by atoms with Crippen molar-refractivity contribution in [3.05, 3.63) is 18.6 Å². The van der Waals surface area contributed by atoms with Gasteiger partial charge in [-0.25, -0.2) is 9.97 Å². The van der Waals surface area contributed by atoms with Crippen molar-refractivity contribution in [2.45, 2.75) is 37.5 Å². The molecule has 1 saturated heterocycles. The Labute approximate surface area is 133 Å². The topological polar surface area (TPSA) is 71.1 Å². The highest BCUT2D eigenvalue weighted by Crippen LogP contribution is 2.47. The molecule has 0 bridgehead atoms. The van der Waals surface area contributed by atoms with E-state index in [4.69, 9.17) is 0 Å². The van der Waals surface area contributed by atoms with Crippen LogP contribution in [0.5, 0.6) is 0 Å². The van der Waals surface area contributed by atoms with E-state index in [2.05, 4.69) is 24.2 Å². The van der Waals surface area contributed by atoms with E-state index in [9.17, 15) is 4.55 Å².